The van der Waals surface area contributed by atoms with Crippen LogP contribution in [0.3, 0.4) is 0 Å². The Morgan fingerprint density at radius 3 is 3.00 bits per heavy atom. The molecule has 0 aliphatic heterocycles. The van der Waals surface area contributed by atoms with Crippen LogP contribution in [0.25, 0.3) is 5.52 Å². The monoisotopic (exact) mass is 349 g/mol. The number of carbonyl (C=O) groups is 1. The average Bonchev–Trinajstić information content (AvgIpc) is 2.95. The van der Waals surface area contributed by atoms with Crippen LogP contribution >= 0.6 is 11.6 Å². The van der Waals surface area contributed by atoms with Gasteiger partial charge in [-0.05, 0) is 18.6 Å². The summed E-state index contributed by atoms with van der Waals surface area (Å²) in [6, 6.07) is 1.39. The molecule has 0 saturated carbocycles. The Kier molecular flexibility index (Phi) is 3.30. The Morgan fingerprint density at radius 1 is 1.42 bits per heavy atom. The van der Waals surface area contributed by atoms with Crippen LogP contribution in [0.4, 0.5) is 11.5 Å². The number of nitrogens with one attached hydrogen (secondary N) is 2. The second kappa shape index (κ2) is 6.32. The zero-order valence-corrected chi connectivity index (χ0v) is 13.5. The number of fused-ring (bicyclic) bond motifs is 1. The fourth-order valence-electron chi connectivity index (χ4n) is 2.29. The Balaban J connectivity index is 2.05. The Bertz CT molecular complexity index is 1020. The van der Waals surface area contributed by atoms with Gasteiger partial charge in [0.1, 0.15) is 17.0 Å². The van der Waals surface area contributed by atoms with Gasteiger partial charge in [0.2, 0.25) is 0 Å². The molecule has 8 nitrogen and oxygen atoms in total. The zero-order chi connectivity index (χ0) is 19.8. The van der Waals surface area contributed by atoms with Crippen molar-refractivity contribution in [1.29, 1.82) is 0 Å². The maximum Gasteiger partial charge on any atom is 0.254 e. The Hall–Kier alpha value is -2.87. The van der Waals surface area contributed by atoms with Gasteiger partial charge in [-0.3, -0.25) is 4.79 Å². The van der Waals surface area contributed by atoms with E-state index < -0.39 is 12.9 Å². The van der Waals surface area contributed by atoms with Crippen LogP contribution in [0.15, 0.2) is 24.8 Å². The van der Waals surface area contributed by atoms with E-state index in [1.807, 2.05) is 12.2 Å². The van der Waals surface area contributed by atoms with Crippen LogP contribution in [-0.2, 0) is 0 Å². The lowest BCUT2D eigenvalue weighted by atomic mass is 10.2. The van der Waals surface area contributed by atoms with Crippen molar-refractivity contribution < 1.29 is 13.6 Å². The second-order valence-corrected chi connectivity index (χ2v) is 5.27. The van der Waals surface area contributed by atoms with Gasteiger partial charge >= 0.3 is 0 Å². The lowest BCUT2D eigenvalue weighted by Crippen LogP contribution is -2.19. The first-order valence-corrected chi connectivity index (χ1v) is 7.19. The molecule has 0 unspecified atom stereocenters. The highest BCUT2D eigenvalue weighted by atomic mass is 35.5. The summed E-state index contributed by atoms with van der Waals surface area (Å²) in [4.78, 5) is 20.4. The first-order chi connectivity index (χ1) is 12.7. The molecule has 0 radical (unpaired) electrons. The predicted octanol–water partition coefficient (Wildman–Crippen LogP) is 2.20. The molecule has 1 amide bonds. The molecule has 0 fully saturated rings. The Morgan fingerprint density at radius 2 is 2.25 bits per heavy atom. The molecule has 0 aliphatic carbocycles. The fraction of sp³-hybridized carbons (Fsp3) is 0.200. The quantitative estimate of drug-likeness (QED) is 0.701. The summed E-state index contributed by atoms with van der Waals surface area (Å²) in [7, 11) is 1.48. The van der Waals surface area contributed by atoms with Crippen molar-refractivity contribution in [2.75, 3.05) is 19.4 Å². The summed E-state index contributed by atoms with van der Waals surface area (Å²) in [6.07, 6.45) is 4.33. The topological polar surface area (TPSA) is 93.4 Å². The summed E-state index contributed by atoms with van der Waals surface area (Å²) < 4.78 is 28.6. The molecule has 0 aliphatic rings. The largest absolute Gasteiger partial charge is 0.491 e. The highest BCUT2D eigenvalue weighted by molar-refractivity contribution is 6.29. The van der Waals surface area contributed by atoms with Crippen LogP contribution < -0.4 is 15.4 Å². The highest BCUT2D eigenvalue weighted by Gasteiger charge is 2.17. The minimum absolute atomic E-state index is 0.00974. The van der Waals surface area contributed by atoms with Gasteiger partial charge in [-0.25, -0.2) is 14.5 Å². The van der Waals surface area contributed by atoms with E-state index in [4.69, 9.17) is 20.5 Å². The van der Waals surface area contributed by atoms with E-state index in [0.29, 0.717) is 17.1 Å². The van der Waals surface area contributed by atoms with Crippen LogP contribution in [0.5, 0.6) is 5.75 Å². The molecule has 9 heteroatoms. The minimum atomic E-state index is -2.64. The molecule has 0 atom stereocenters. The van der Waals surface area contributed by atoms with Gasteiger partial charge in [0.25, 0.3) is 5.91 Å². The van der Waals surface area contributed by atoms with Crippen molar-refractivity contribution in [2.45, 2.75) is 6.92 Å². The summed E-state index contributed by atoms with van der Waals surface area (Å²) in [6.45, 7) is -0.773. The number of pyridine rings is 1. The fourth-order valence-corrected chi connectivity index (χ4v) is 2.45. The summed E-state index contributed by atoms with van der Waals surface area (Å²) >= 11 is 5.94. The second-order valence-electron chi connectivity index (χ2n) is 4.88. The first-order valence-electron chi connectivity index (χ1n) is 8.31. The number of amides is 1. The van der Waals surface area contributed by atoms with Gasteiger partial charge in [0, 0.05) is 17.3 Å². The van der Waals surface area contributed by atoms with Crippen molar-refractivity contribution >= 4 is 34.5 Å². The van der Waals surface area contributed by atoms with Crippen LogP contribution in [-0.4, -0.2) is 39.6 Å². The van der Waals surface area contributed by atoms with Gasteiger partial charge in [0.05, 0.1) is 24.6 Å². The molecule has 2 N–H and O–H groups in total. The molecule has 3 aromatic rings. The number of nitrogens with zero attached hydrogens (tertiary/aromatic N) is 4. The third-order valence-electron chi connectivity index (χ3n) is 3.39. The normalized spacial score (nSPS) is 13.0. The van der Waals surface area contributed by atoms with Gasteiger partial charge in [0.15, 0.2) is 11.6 Å². The lowest BCUT2D eigenvalue weighted by molar-refractivity contribution is 0.0963. The smallest absolute Gasteiger partial charge is 0.254 e. The Labute approximate surface area is 147 Å². The maximum atomic E-state index is 12.3. The van der Waals surface area contributed by atoms with E-state index in [-0.39, 0.29) is 16.4 Å². The predicted molar refractivity (Wildman–Crippen MR) is 90.2 cm³/mol. The number of ether oxygens (including phenoxy) is 1. The molecule has 0 aromatic carbocycles. The molecule has 3 rings (SSSR count). The third-order valence-corrected chi connectivity index (χ3v) is 3.60. The highest BCUT2D eigenvalue weighted by Crippen LogP contribution is 2.32. The van der Waals surface area contributed by atoms with E-state index >= 15 is 0 Å². The number of aromatic nitrogens is 4. The first kappa shape index (κ1) is 12.5. The van der Waals surface area contributed by atoms with Crippen LogP contribution in [0.1, 0.15) is 20.0 Å². The molecule has 24 heavy (non-hydrogen) atoms. The number of methoxy groups -OCH3 is 1. The van der Waals surface area contributed by atoms with E-state index in [1.54, 1.807) is 10.7 Å². The van der Waals surface area contributed by atoms with Gasteiger partial charge in [-0.2, -0.15) is 5.10 Å². The standard InChI is InChI=1S/C15H15ClN6O2/c1-8-5-20-22-7-19-14(13(24-3)12(8)22)21-10-4-11(16)18-6-9(10)15(23)17-2/h4-7H,1-3H3,(H,17,23)(H,18,21)/i2D3. The van der Waals surface area contributed by atoms with Gasteiger partial charge in [-0.1, -0.05) is 11.6 Å². The van der Waals surface area contributed by atoms with E-state index in [0.717, 1.165) is 5.56 Å². The number of hydrogen-bond donors (Lipinski definition) is 2. The zero-order valence-electron chi connectivity index (χ0n) is 15.8. The summed E-state index contributed by atoms with van der Waals surface area (Å²) in [5.74, 6) is -0.122. The van der Waals surface area contributed by atoms with Crippen molar-refractivity contribution in [2.24, 2.45) is 0 Å². The van der Waals surface area contributed by atoms with Crippen LogP contribution in [0, 0.1) is 6.92 Å². The third kappa shape index (κ3) is 2.71. The van der Waals surface area contributed by atoms with E-state index in [2.05, 4.69) is 20.4 Å². The number of aryl methyl sites for hydroxylation is 1. The van der Waals surface area contributed by atoms with Crippen molar-refractivity contribution in [1.82, 2.24) is 24.9 Å². The summed E-state index contributed by atoms with van der Waals surface area (Å²) in [5, 5.41) is 9.16. The summed E-state index contributed by atoms with van der Waals surface area (Å²) in [5.41, 5.74) is 1.78. The van der Waals surface area contributed by atoms with Crippen molar-refractivity contribution in [3.63, 3.8) is 0 Å². The van der Waals surface area contributed by atoms with Gasteiger partial charge in [-0.15, -0.1) is 0 Å². The molecular weight excluding hydrogens is 332 g/mol. The number of halogens is 1. The lowest BCUT2D eigenvalue weighted by Gasteiger charge is -2.14. The van der Waals surface area contributed by atoms with Crippen LogP contribution in [0.2, 0.25) is 5.15 Å². The van der Waals surface area contributed by atoms with Crippen molar-refractivity contribution in [3.05, 3.63) is 41.1 Å². The van der Waals surface area contributed by atoms with Gasteiger partial charge < -0.3 is 15.4 Å². The average molecular weight is 350 g/mol. The molecule has 3 heterocycles. The maximum absolute atomic E-state index is 12.3. The number of hydrogen-bond acceptors (Lipinski definition) is 6. The van der Waals surface area contributed by atoms with E-state index in [1.165, 1.54) is 25.7 Å². The molecule has 0 saturated heterocycles. The molecule has 3 aromatic heterocycles. The molecule has 0 bridgehead atoms. The van der Waals surface area contributed by atoms with E-state index in [9.17, 15) is 4.79 Å². The number of rotatable bonds is 4. The number of anilines is 2. The minimum Gasteiger partial charge on any atom is -0.491 e. The van der Waals surface area contributed by atoms with Crippen molar-refractivity contribution in [3.8, 4) is 5.75 Å². The number of carbonyl (C=O) groups excluding carboxylic acids is 1. The molecule has 0 spiro atoms. The molecular formula is C15H15ClN6O2. The molecule has 124 valence electrons. The SMILES string of the molecule is [2H]C([2H])([2H])NC(=O)c1cnc(Cl)cc1Nc1ncn2ncc(C)c2c1OC.